The molecule has 1 N–H and O–H groups in total. The van der Waals surface area contributed by atoms with Gasteiger partial charge in [-0.3, -0.25) is 4.79 Å². The van der Waals surface area contributed by atoms with Gasteiger partial charge < -0.3 is 5.32 Å². The van der Waals surface area contributed by atoms with E-state index in [9.17, 15) is 4.79 Å². The van der Waals surface area contributed by atoms with Crippen molar-refractivity contribution in [1.29, 1.82) is 0 Å². The van der Waals surface area contributed by atoms with Gasteiger partial charge >= 0.3 is 0 Å². The summed E-state index contributed by atoms with van der Waals surface area (Å²) in [6.45, 7) is 1.42. The van der Waals surface area contributed by atoms with Crippen LogP contribution in [0.2, 0.25) is 0 Å². The molecular weight excluding hydrogens is 282 g/mol. The number of hydrogen-bond acceptors (Lipinski definition) is 2. The maximum Gasteiger partial charge on any atom is 0.150 e. The lowest BCUT2D eigenvalue weighted by atomic mass is 9.76. The highest BCUT2D eigenvalue weighted by Crippen LogP contribution is 2.35. The minimum Gasteiger partial charge on any atom is -0.310 e. The molecule has 2 nitrogen and oxygen atoms in total. The third-order valence-electron chi connectivity index (χ3n) is 4.06. The number of rotatable bonds is 3. The SMILES string of the molecule is Cl.O=C1CNCCC1C(c1ccccc1)c1ccccc1. The second-order valence-electron chi connectivity index (χ2n) is 5.34. The minimum atomic E-state index is 0. The molecule has 1 atom stereocenters. The van der Waals surface area contributed by atoms with Gasteiger partial charge in [0.25, 0.3) is 0 Å². The number of Topliss-reactive ketones (excluding diaryl/α,β-unsaturated/α-hetero) is 1. The van der Waals surface area contributed by atoms with Crippen molar-refractivity contribution in [1.82, 2.24) is 5.32 Å². The van der Waals surface area contributed by atoms with Crippen LogP contribution in [-0.4, -0.2) is 18.9 Å². The lowest BCUT2D eigenvalue weighted by Gasteiger charge is -2.30. The number of benzene rings is 2. The van der Waals surface area contributed by atoms with Gasteiger partial charge in [0.15, 0.2) is 5.78 Å². The van der Waals surface area contributed by atoms with Gasteiger partial charge in [-0.15, -0.1) is 12.4 Å². The van der Waals surface area contributed by atoms with Gasteiger partial charge in [0.1, 0.15) is 0 Å². The number of ketones is 1. The van der Waals surface area contributed by atoms with Gasteiger partial charge in [-0.2, -0.15) is 0 Å². The van der Waals surface area contributed by atoms with Crippen LogP contribution in [0.5, 0.6) is 0 Å². The van der Waals surface area contributed by atoms with Crippen LogP contribution in [0.4, 0.5) is 0 Å². The van der Waals surface area contributed by atoms with E-state index < -0.39 is 0 Å². The molecular formula is C18H20ClNO. The molecule has 0 aliphatic carbocycles. The Morgan fingerprint density at radius 3 is 1.90 bits per heavy atom. The molecule has 3 rings (SSSR count). The van der Waals surface area contributed by atoms with Crippen molar-refractivity contribution in [3.05, 3.63) is 71.8 Å². The largest absolute Gasteiger partial charge is 0.310 e. The molecule has 1 aliphatic heterocycles. The Kier molecular flexibility index (Phi) is 5.54. The predicted molar refractivity (Wildman–Crippen MR) is 88.0 cm³/mol. The van der Waals surface area contributed by atoms with Gasteiger partial charge in [-0.05, 0) is 24.1 Å². The summed E-state index contributed by atoms with van der Waals surface area (Å²) in [6, 6.07) is 20.8. The van der Waals surface area contributed by atoms with E-state index >= 15 is 0 Å². The van der Waals surface area contributed by atoms with E-state index in [0.717, 1.165) is 13.0 Å². The summed E-state index contributed by atoms with van der Waals surface area (Å²) in [4.78, 5) is 12.3. The summed E-state index contributed by atoms with van der Waals surface area (Å²) in [5, 5.41) is 3.17. The lowest BCUT2D eigenvalue weighted by molar-refractivity contribution is -0.123. The van der Waals surface area contributed by atoms with Crippen LogP contribution in [0, 0.1) is 5.92 Å². The van der Waals surface area contributed by atoms with E-state index in [0.29, 0.717) is 12.3 Å². The van der Waals surface area contributed by atoms with E-state index in [4.69, 9.17) is 0 Å². The second kappa shape index (κ2) is 7.39. The zero-order chi connectivity index (χ0) is 13.8. The number of hydrogen-bond donors (Lipinski definition) is 1. The molecule has 1 aliphatic rings. The van der Waals surface area contributed by atoms with Crippen molar-refractivity contribution < 1.29 is 4.79 Å². The molecule has 0 radical (unpaired) electrons. The third-order valence-corrected chi connectivity index (χ3v) is 4.06. The van der Waals surface area contributed by atoms with Crippen LogP contribution in [0.25, 0.3) is 0 Å². The normalized spacial score (nSPS) is 18.3. The summed E-state index contributed by atoms with van der Waals surface area (Å²) < 4.78 is 0. The highest BCUT2D eigenvalue weighted by Gasteiger charge is 2.32. The summed E-state index contributed by atoms with van der Waals surface area (Å²) in [5.41, 5.74) is 2.47. The van der Waals surface area contributed by atoms with Gasteiger partial charge in [-0.1, -0.05) is 60.7 Å². The molecule has 2 aromatic carbocycles. The Morgan fingerprint density at radius 1 is 0.905 bits per heavy atom. The fourth-order valence-corrected chi connectivity index (χ4v) is 3.09. The monoisotopic (exact) mass is 301 g/mol. The smallest absolute Gasteiger partial charge is 0.150 e. The van der Waals surface area contributed by atoms with Crippen molar-refractivity contribution in [2.24, 2.45) is 5.92 Å². The molecule has 0 bridgehead atoms. The van der Waals surface area contributed by atoms with Gasteiger partial charge in [-0.25, -0.2) is 0 Å². The molecule has 3 heteroatoms. The second-order valence-corrected chi connectivity index (χ2v) is 5.34. The van der Waals surface area contributed by atoms with Crippen molar-refractivity contribution in [3.8, 4) is 0 Å². The van der Waals surface area contributed by atoms with Crippen molar-refractivity contribution >= 4 is 18.2 Å². The maximum absolute atomic E-state index is 12.3. The van der Waals surface area contributed by atoms with Gasteiger partial charge in [0, 0.05) is 11.8 Å². The summed E-state index contributed by atoms with van der Waals surface area (Å²) >= 11 is 0. The van der Waals surface area contributed by atoms with E-state index in [1.54, 1.807) is 0 Å². The van der Waals surface area contributed by atoms with Crippen LogP contribution in [0.3, 0.4) is 0 Å². The van der Waals surface area contributed by atoms with Crippen LogP contribution in [-0.2, 0) is 4.79 Å². The molecule has 1 saturated heterocycles. The van der Waals surface area contributed by atoms with Crippen LogP contribution >= 0.6 is 12.4 Å². The average molecular weight is 302 g/mol. The molecule has 2 aromatic rings. The highest BCUT2D eigenvalue weighted by atomic mass is 35.5. The summed E-state index contributed by atoms with van der Waals surface area (Å²) in [6.07, 6.45) is 0.910. The Balaban J connectivity index is 0.00000161. The molecule has 1 unspecified atom stereocenters. The first-order chi connectivity index (χ1) is 9.86. The maximum atomic E-state index is 12.3. The lowest BCUT2D eigenvalue weighted by Crippen LogP contribution is -2.39. The van der Waals surface area contributed by atoms with E-state index in [2.05, 4.69) is 53.8 Å². The quantitative estimate of drug-likeness (QED) is 0.941. The Morgan fingerprint density at radius 2 is 1.43 bits per heavy atom. The van der Waals surface area contributed by atoms with E-state index in [1.165, 1.54) is 11.1 Å². The average Bonchev–Trinajstić information content (AvgIpc) is 2.52. The van der Waals surface area contributed by atoms with Crippen molar-refractivity contribution in [2.45, 2.75) is 12.3 Å². The topological polar surface area (TPSA) is 29.1 Å². The molecule has 0 aromatic heterocycles. The summed E-state index contributed by atoms with van der Waals surface area (Å²) in [7, 11) is 0. The van der Waals surface area contributed by atoms with Gasteiger partial charge in [0.05, 0.1) is 6.54 Å². The number of halogens is 1. The standard InChI is InChI=1S/C18H19NO.ClH/c20-17-13-19-12-11-16(17)18(14-7-3-1-4-8-14)15-9-5-2-6-10-15;/h1-10,16,18-19H,11-13H2;1H. The highest BCUT2D eigenvalue weighted by molar-refractivity contribution is 5.85. The first-order valence-corrected chi connectivity index (χ1v) is 7.19. The number of nitrogens with one attached hydrogen (secondary N) is 1. The van der Waals surface area contributed by atoms with Crippen molar-refractivity contribution in [3.63, 3.8) is 0 Å². The number of piperidine rings is 1. The van der Waals surface area contributed by atoms with E-state index in [1.807, 2.05) is 12.1 Å². The minimum absolute atomic E-state index is 0. The first kappa shape index (κ1) is 15.7. The Bertz CT molecular complexity index is 531. The Labute approximate surface area is 132 Å². The molecule has 21 heavy (non-hydrogen) atoms. The van der Waals surface area contributed by atoms with Crippen LogP contribution in [0.15, 0.2) is 60.7 Å². The fraction of sp³-hybridized carbons (Fsp3) is 0.278. The first-order valence-electron chi connectivity index (χ1n) is 7.19. The molecule has 0 saturated carbocycles. The summed E-state index contributed by atoms with van der Waals surface area (Å²) in [5.74, 6) is 0.585. The molecule has 110 valence electrons. The van der Waals surface area contributed by atoms with Crippen LogP contribution in [0.1, 0.15) is 23.5 Å². The van der Waals surface area contributed by atoms with E-state index in [-0.39, 0.29) is 24.2 Å². The predicted octanol–water partition coefficient (Wildman–Crippen LogP) is 3.42. The molecule has 0 spiro atoms. The third kappa shape index (κ3) is 3.52. The Hall–Kier alpha value is -1.64. The molecule has 0 amide bonds. The number of carbonyl (C=O) groups excluding carboxylic acids is 1. The van der Waals surface area contributed by atoms with Crippen LogP contribution < -0.4 is 5.32 Å². The van der Waals surface area contributed by atoms with Gasteiger partial charge in [0.2, 0.25) is 0 Å². The molecule has 1 fully saturated rings. The molecule has 1 heterocycles. The number of carbonyl (C=O) groups is 1. The zero-order valence-electron chi connectivity index (χ0n) is 11.9. The van der Waals surface area contributed by atoms with Crippen molar-refractivity contribution in [2.75, 3.05) is 13.1 Å². The zero-order valence-corrected chi connectivity index (χ0v) is 12.7. The fourth-order valence-electron chi connectivity index (χ4n) is 3.09.